The lowest BCUT2D eigenvalue weighted by Crippen LogP contribution is -2.59. The molecule has 0 bridgehead atoms. The van der Waals surface area contributed by atoms with Gasteiger partial charge < -0.3 is 19.3 Å². The van der Waals surface area contributed by atoms with E-state index in [0.29, 0.717) is 21.5 Å². The van der Waals surface area contributed by atoms with Crippen molar-refractivity contribution in [2.75, 3.05) is 39.7 Å². The van der Waals surface area contributed by atoms with Crippen LogP contribution >= 0.6 is 0 Å². The van der Waals surface area contributed by atoms with Crippen LogP contribution in [-0.2, 0) is 9.53 Å². The zero-order valence-electron chi connectivity index (χ0n) is 16.1. The molecule has 6 heteroatoms. The maximum atomic E-state index is 13.1. The number of nitrogens with one attached hydrogen (secondary N) is 1. The molecule has 1 N–H and O–H groups in total. The monoisotopic (exact) mass is 349 g/mol. The van der Waals surface area contributed by atoms with Crippen LogP contribution in [0.1, 0.15) is 42.6 Å². The molecule has 0 spiro atoms. The van der Waals surface area contributed by atoms with E-state index in [1.54, 1.807) is 19.2 Å². The van der Waals surface area contributed by atoms with Gasteiger partial charge in [0, 0.05) is 12.8 Å². The molecule has 1 fully saturated rings. The number of hydrogen-bond donors (Lipinski definition) is 1. The van der Waals surface area contributed by atoms with Crippen molar-refractivity contribution in [3.05, 3.63) is 23.3 Å². The fraction of sp³-hybridized carbons (Fsp3) is 0.579. The van der Waals surface area contributed by atoms with Gasteiger partial charge in [0.25, 0.3) is 5.91 Å². The van der Waals surface area contributed by atoms with Crippen LogP contribution in [0.15, 0.2) is 12.1 Å². The van der Waals surface area contributed by atoms with Gasteiger partial charge in [-0.3, -0.25) is 4.79 Å². The molecule has 2 rings (SSSR count). The highest BCUT2D eigenvalue weighted by Gasteiger charge is 2.63. The van der Waals surface area contributed by atoms with Crippen molar-refractivity contribution < 1.29 is 23.5 Å². The highest BCUT2D eigenvalue weighted by molar-refractivity contribution is 6.06. The molecular weight excluding hydrogens is 320 g/mol. The second-order valence-electron chi connectivity index (χ2n) is 6.87. The number of anilines is 1. The maximum Gasteiger partial charge on any atom is 0.340 e. The van der Waals surface area contributed by atoms with E-state index in [9.17, 15) is 9.59 Å². The average molecular weight is 349 g/mol. The molecule has 0 atom stereocenters. The van der Waals surface area contributed by atoms with Crippen LogP contribution in [0.4, 0.5) is 5.69 Å². The predicted octanol–water partition coefficient (Wildman–Crippen LogP) is 2.75. The van der Waals surface area contributed by atoms with E-state index in [1.165, 1.54) is 7.11 Å². The van der Waals surface area contributed by atoms with Crippen LogP contribution in [0.3, 0.4) is 0 Å². The Morgan fingerprint density at radius 1 is 1.20 bits per heavy atom. The first kappa shape index (κ1) is 19.2. The Morgan fingerprint density at radius 3 is 2.24 bits per heavy atom. The fourth-order valence-electron chi connectivity index (χ4n) is 3.50. The number of quaternary nitrogens is 1. The number of nitrogens with zero attached hydrogens (tertiary/aromatic N) is 1. The quantitative estimate of drug-likeness (QED) is 0.607. The highest BCUT2D eigenvalue weighted by atomic mass is 16.5. The third-order valence-corrected chi connectivity index (χ3v) is 5.76. The molecule has 0 radical (unpaired) electrons. The lowest BCUT2D eigenvalue weighted by atomic mass is 10.0. The summed E-state index contributed by atoms with van der Waals surface area (Å²) in [7, 11) is 4.99. The summed E-state index contributed by atoms with van der Waals surface area (Å²) < 4.78 is 10.8. The van der Waals surface area contributed by atoms with E-state index in [4.69, 9.17) is 9.47 Å². The number of carbonyl (C=O) groups is 2. The molecule has 0 aromatic heterocycles. The topological polar surface area (TPSA) is 64.6 Å². The Hall–Kier alpha value is -2.08. The summed E-state index contributed by atoms with van der Waals surface area (Å²) in [5.74, 6) is 0.0299. The van der Waals surface area contributed by atoms with Crippen LogP contribution in [0.5, 0.6) is 5.75 Å². The second-order valence-corrected chi connectivity index (χ2v) is 6.87. The number of methoxy groups -OCH3 is 2. The van der Waals surface area contributed by atoms with E-state index in [1.807, 2.05) is 6.92 Å². The zero-order chi connectivity index (χ0) is 18.8. The van der Waals surface area contributed by atoms with Gasteiger partial charge >= 0.3 is 5.97 Å². The molecule has 1 saturated carbocycles. The van der Waals surface area contributed by atoms with Gasteiger partial charge in [0.05, 0.1) is 45.6 Å². The summed E-state index contributed by atoms with van der Waals surface area (Å²) >= 11 is 0. The van der Waals surface area contributed by atoms with E-state index >= 15 is 0 Å². The molecule has 0 saturated heterocycles. The van der Waals surface area contributed by atoms with Crippen molar-refractivity contribution in [2.24, 2.45) is 0 Å². The lowest BCUT2D eigenvalue weighted by molar-refractivity contribution is -0.931. The first-order valence-electron chi connectivity index (χ1n) is 8.71. The van der Waals surface area contributed by atoms with Crippen molar-refractivity contribution in [1.82, 2.24) is 0 Å². The van der Waals surface area contributed by atoms with Crippen LogP contribution in [0, 0.1) is 6.92 Å². The number of benzene rings is 1. The average Bonchev–Trinajstić information content (AvgIpc) is 3.43. The van der Waals surface area contributed by atoms with E-state index in [2.05, 4.69) is 26.2 Å². The van der Waals surface area contributed by atoms with Crippen molar-refractivity contribution in [3.8, 4) is 5.75 Å². The van der Waals surface area contributed by atoms with Gasteiger partial charge in [0.2, 0.25) is 0 Å². The number of hydrogen-bond acceptors (Lipinski definition) is 4. The van der Waals surface area contributed by atoms with Gasteiger partial charge in [-0.05, 0) is 38.5 Å². The summed E-state index contributed by atoms with van der Waals surface area (Å²) in [6.45, 7) is 7.83. The van der Waals surface area contributed by atoms with Gasteiger partial charge in [-0.25, -0.2) is 4.79 Å². The molecule has 1 aliphatic carbocycles. The van der Waals surface area contributed by atoms with Crippen molar-refractivity contribution >= 4 is 17.6 Å². The normalized spacial score (nSPS) is 15.4. The van der Waals surface area contributed by atoms with Gasteiger partial charge in [0.15, 0.2) is 5.54 Å². The van der Waals surface area contributed by atoms with Crippen LogP contribution in [-0.4, -0.2) is 56.3 Å². The van der Waals surface area contributed by atoms with Gasteiger partial charge in [-0.1, -0.05) is 0 Å². The summed E-state index contributed by atoms with van der Waals surface area (Å²) in [6.07, 6.45) is 1.72. The van der Waals surface area contributed by atoms with Crippen molar-refractivity contribution in [2.45, 2.75) is 39.2 Å². The van der Waals surface area contributed by atoms with Crippen molar-refractivity contribution in [3.63, 3.8) is 0 Å². The standard InChI is InChI=1S/C19H28N2O4/c1-7-21(4,8-2)19(9-10-19)18(23)20-16-13(3)11-14(24-5)12-15(16)17(22)25-6/h11-12H,7-10H2,1-6H3/p+1. The molecule has 1 aromatic carbocycles. The summed E-state index contributed by atoms with van der Waals surface area (Å²) in [5.41, 5.74) is 1.17. The lowest BCUT2D eigenvalue weighted by Gasteiger charge is -2.40. The number of esters is 1. The van der Waals surface area contributed by atoms with Gasteiger partial charge in [0.1, 0.15) is 5.75 Å². The molecular formula is C19H29N2O4+. The molecule has 6 nitrogen and oxygen atoms in total. The Balaban J connectivity index is 2.40. The molecule has 138 valence electrons. The number of aryl methyl sites for hydroxylation is 1. The maximum absolute atomic E-state index is 13.1. The summed E-state index contributed by atoms with van der Waals surface area (Å²) in [5, 5.41) is 3.01. The summed E-state index contributed by atoms with van der Waals surface area (Å²) in [4.78, 5) is 25.3. The van der Waals surface area contributed by atoms with Crippen molar-refractivity contribution in [1.29, 1.82) is 0 Å². The van der Waals surface area contributed by atoms with Crippen LogP contribution in [0.25, 0.3) is 0 Å². The van der Waals surface area contributed by atoms with Crippen LogP contribution < -0.4 is 10.1 Å². The second kappa shape index (κ2) is 7.04. The SMILES string of the molecule is CC[N+](C)(CC)C1(C(=O)Nc2c(C)cc(OC)cc2C(=O)OC)CC1. The Kier molecular flexibility index (Phi) is 5.42. The minimum absolute atomic E-state index is 0.0304. The van der Waals surface area contributed by atoms with E-state index < -0.39 is 11.5 Å². The van der Waals surface area contributed by atoms with Gasteiger partial charge in [-0.2, -0.15) is 0 Å². The third kappa shape index (κ3) is 3.23. The Morgan fingerprint density at radius 2 is 1.80 bits per heavy atom. The number of amides is 1. The number of rotatable bonds is 7. The number of carbonyl (C=O) groups excluding carboxylic acids is 2. The first-order valence-corrected chi connectivity index (χ1v) is 8.71. The van der Waals surface area contributed by atoms with E-state index in [-0.39, 0.29) is 5.91 Å². The largest absolute Gasteiger partial charge is 0.497 e. The molecule has 0 aliphatic heterocycles. The third-order valence-electron chi connectivity index (χ3n) is 5.76. The molecule has 1 aliphatic rings. The molecule has 1 aromatic rings. The molecule has 0 unspecified atom stereocenters. The van der Waals surface area contributed by atoms with E-state index in [0.717, 1.165) is 31.5 Å². The van der Waals surface area contributed by atoms with Gasteiger partial charge in [-0.15, -0.1) is 0 Å². The Bertz CT molecular complexity index is 676. The number of ether oxygens (including phenoxy) is 2. The molecule has 1 amide bonds. The van der Waals surface area contributed by atoms with Crippen LogP contribution in [0.2, 0.25) is 0 Å². The smallest absolute Gasteiger partial charge is 0.340 e. The molecule has 25 heavy (non-hydrogen) atoms. The fourth-order valence-corrected chi connectivity index (χ4v) is 3.50. The molecule has 0 heterocycles. The minimum Gasteiger partial charge on any atom is -0.497 e. The summed E-state index contributed by atoms with van der Waals surface area (Å²) in [6, 6.07) is 3.40. The predicted molar refractivity (Wildman–Crippen MR) is 96.9 cm³/mol. The first-order chi connectivity index (χ1) is 11.8. The zero-order valence-corrected chi connectivity index (χ0v) is 16.1. The minimum atomic E-state index is -0.495. The number of likely N-dealkylation sites (N-methyl/N-ethyl adjacent to an activating group) is 1. The highest BCUT2D eigenvalue weighted by Crippen LogP contribution is 2.47. The Labute approximate surface area is 149 Å².